The Morgan fingerprint density at radius 3 is 2.09 bits per heavy atom. The number of aliphatic hydroxyl groups excluding tert-OH is 5. The second-order valence-corrected chi connectivity index (χ2v) is 16.3. The number of carboxylic acids is 1. The maximum atomic E-state index is 14.1. The minimum absolute atomic E-state index is 0.0391. The number of fused-ring (bicyclic) bond motifs is 1. The van der Waals surface area contributed by atoms with E-state index in [2.05, 4.69) is 26.3 Å². The second-order valence-electron chi connectivity index (χ2n) is 16.3. The van der Waals surface area contributed by atoms with Gasteiger partial charge in [-0.25, -0.2) is 4.79 Å². The van der Waals surface area contributed by atoms with Crippen LogP contribution in [0.1, 0.15) is 69.0 Å². The predicted molar refractivity (Wildman–Crippen MR) is 213 cm³/mol. The van der Waals surface area contributed by atoms with E-state index < -0.39 is 66.5 Å². The van der Waals surface area contributed by atoms with Gasteiger partial charge in [0.25, 0.3) is 0 Å². The van der Waals surface area contributed by atoms with Crippen molar-refractivity contribution in [2.24, 2.45) is 23.7 Å². The first-order valence-electron chi connectivity index (χ1n) is 20.1. The average Bonchev–Trinajstić information content (AvgIpc) is 3.61. The van der Waals surface area contributed by atoms with E-state index in [0.29, 0.717) is 11.8 Å². The first kappa shape index (κ1) is 44.5. The number of likely N-dealkylation sites (N-methyl/N-ethyl adjacent to an activating group) is 1. The third-order valence-corrected chi connectivity index (χ3v) is 11.8. The standard InChI is InChI=1S/C35H42N4O6.C7H17NO5/c1-35(18-26-19-36-28-10-6-5-9-27(26)28,39-34(44)45-32-24-14-21-13-22(16-24)17-25(32)15-21)33(43)37-20-29(23-7-3-2-4-8-23)38-30(40)11-12-31(41)42;1-8-2-4(10)6(12)7(13)5(11)3-9/h2-10,19,21-22,24-25,29,32,36H,11-18,20H2,1H3,(H,37,43)(H,38,40)(H,39,44)(H,41,42);4-13H,2-3H2,1H3/t;4-,5+,6+,7+/m.0/s1. The number of carbonyl (C=O) groups is 4. The molecule has 0 aliphatic heterocycles. The number of aromatic nitrogens is 1. The Bertz CT molecular complexity index is 1800. The van der Waals surface area contributed by atoms with E-state index in [-0.39, 0.29) is 38.5 Å². The maximum Gasteiger partial charge on any atom is 0.408 e. The van der Waals surface area contributed by atoms with Gasteiger partial charge in [-0.15, -0.1) is 0 Å². The predicted octanol–water partition coefficient (Wildman–Crippen LogP) is 1.50. The van der Waals surface area contributed by atoms with Crippen molar-refractivity contribution >= 4 is 34.8 Å². The molecule has 3 amide bonds. The van der Waals surface area contributed by atoms with Gasteiger partial charge in [-0.2, -0.15) is 0 Å². The van der Waals surface area contributed by atoms with Gasteiger partial charge in [-0.1, -0.05) is 48.5 Å². The molecule has 6 atom stereocenters. The maximum absolute atomic E-state index is 14.1. The Morgan fingerprint density at radius 1 is 0.845 bits per heavy atom. The zero-order valence-corrected chi connectivity index (χ0v) is 33.0. The molecule has 4 aliphatic carbocycles. The monoisotopic (exact) mass is 809 g/mol. The number of alkyl carbamates (subject to hydrolysis) is 1. The van der Waals surface area contributed by atoms with Gasteiger partial charge in [0, 0.05) is 43.0 Å². The van der Waals surface area contributed by atoms with Gasteiger partial charge in [0.15, 0.2) is 0 Å². The van der Waals surface area contributed by atoms with Crippen LogP contribution in [0.5, 0.6) is 0 Å². The molecule has 4 fully saturated rings. The number of rotatable bonds is 18. The Kier molecular flexibility index (Phi) is 15.7. The minimum atomic E-state index is -1.55. The molecule has 2 aromatic carbocycles. The van der Waals surface area contributed by atoms with Crippen LogP contribution >= 0.6 is 0 Å². The van der Waals surface area contributed by atoms with Crippen LogP contribution < -0.4 is 21.3 Å². The summed E-state index contributed by atoms with van der Waals surface area (Å²) >= 11 is 0. The molecule has 2 unspecified atom stereocenters. The normalized spacial score (nSPS) is 24.2. The number of para-hydroxylation sites is 1. The lowest BCUT2D eigenvalue weighted by Gasteiger charge is -2.53. The van der Waals surface area contributed by atoms with Crippen LogP contribution in [-0.2, 0) is 25.5 Å². The lowest BCUT2D eigenvalue weighted by molar-refractivity contribution is -0.138. The molecule has 4 bridgehead atoms. The molecule has 318 valence electrons. The average molecular weight is 810 g/mol. The zero-order chi connectivity index (χ0) is 42.0. The highest BCUT2D eigenvalue weighted by atomic mass is 16.6. The molecular weight excluding hydrogens is 750 g/mol. The highest BCUT2D eigenvalue weighted by molar-refractivity contribution is 5.91. The van der Waals surface area contributed by atoms with Gasteiger partial charge in [-0.05, 0) is 86.9 Å². The van der Waals surface area contributed by atoms with Crippen LogP contribution in [0, 0.1) is 23.7 Å². The minimum Gasteiger partial charge on any atom is -0.481 e. The molecule has 7 rings (SSSR count). The van der Waals surface area contributed by atoms with Gasteiger partial charge in [0.1, 0.15) is 30.0 Å². The number of aromatic amines is 1. The first-order chi connectivity index (χ1) is 27.7. The van der Waals surface area contributed by atoms with Crippen molar-refractivity contribution in [1.29, 1.82) is 0 Å². The zero-order valence-electron chi connectivity index (χ0n) is 33.0. The SMILES string of the molecule is CC(Cc1c[nH]c2ccccc12)(NC(=O)OC1C2CC3CC(C2)CC1C3)C(=O)NCC(NC(=O)CCC(=O)O)c1ccccc1.CNC[C@H](O)[C@@H](O)[C@H](O)[C@H](O)CO. The van der Waals surface area contributed by atoms with E-state index >= 15 is 0 Å². The Morgan fingerprint density at radius 2 is 1.47 bits per heavy atom. The Balaban J connectivity index is 0.000000425. The van der Waals surface area contributed by atoms with Crippen LogP contribution in [0.3, 0.4) is 0 Å². The number of carbonyl (C=O) groups excluding carboxylic acids is 3. The van der Waals surface area contributed by atoms with E-state index in [1.54, 1.807) is 14.0 Å². The molecule has 16 heteroatoms. The molecule has 4 saturated carbocycles. The fourth-order valence-corrected chi connectivity index (χ4v) is 8.99. The number of carboxylic acid groups (broad SMARTS) is 1. The quantitative estimate of drug-likeness (QED) is 0.0874. The molecule has 1 aromatic heterocycles. The summed E-state index contributed by atoms with van der Waals surface area (Å²) in [5, 5.41) is 66.2. The van der Waals surface area contributed by atoms with Crippen LogP contribution in [0.4, 0.5) is 4.79 Å². The van der Waals surface area contributed by atoms with Gasteiger partial charge in [0.2, 0.25) is 11.8 Å². The summed E-state index contributed by atoms with van der Waals surface area (Å²) in [4.78, 5) is 54.4. The molecule has 4 aliphatic rings. The summed E-state index contributed by atoms with van der Waals surface area (Å²) in [5.41, 5.74) is 1.19. The van der Waals surface area contributed by atoms with Crippen molar-refractivity contribution in [1.82, 2.24) is 26.3 Å². The highest BCUT2D eigenvalue weighted by Crippen LogP contribution is 2.54. The lowest BCUT2D eigenvalue weighted by atomic mass is 9.55. The van der Waals surface area contributed by atoms with Crippen LogP contribution in [-0.4, -0.2) is 122 Å². The van der Waals surface area contributed by atoms with Crippen molar-refractivity contribution in [3.63, 3.8) is 0 Å². The van der Waals surface area contributed by atoms with E-state index in [1.807, 2.05) is 60.8 Å². The summed E-state index contributed by atoms with van der Waals surface area (Å²) in [6.45, 7) is 1.17. The third-order valence-electron chi connectivity index (χ3n) is 11.8. The topological polar surface area (TPSA) is 263 Å². The Labute approximate surface area is 337 Å². The van der Waals surface area contributed by atoms with E-state index in [9.17, 15) is 24.3 Å². The van der Waals surface area contributed by atoms with Gasteiger partial charge in [0.05, 0.1) is 25.2 Å². The number of aliphatic carboxylic acids is 1. The molecule has 16 nitrogen and oxygen atoms in total. The fourth-order valence-electron chi connectivity index (χ4n) is 8.99. The fraction of sp³-hybridized carbons (Fsp3) is 0.571. The van der Waals surface area contributed by atoms with Crippen molar-refractivity contribution in [3.8, 4) is 0 Å². The molecule has 3 aromatic rings. The summed E-state index contributed by atoms with van der Waals surface area (Å²) in [6, 6.07) is 16.4. The Hall–Kier alpha value is -4.58. The number of aliphatic hydroxyl groups is 5. The van der Waals surface area contributed by atoms with E-state index in [1.165, 1.54) is 6.42 Å². The summed E-state index contributed by atoms with van der Waals surface area (Å²) in [6.07, 6.45) is 0.971. The summed E-state index contributed by atoms with van der Waals surface area (Å²) in [5.74, 6) is 0.351. The summed E-state index contributed by atoms with van der Waals surface area (Å²) in [7, 11) is 1.57. The number of hydrogen-bond donors (Lipinski definition) is 11. The van der Waals surface area contributed by atoms with Crippen LogP contribution in [0.15, 0.2) is 60.8 Å². The van der Waals surface area contributed by atoms with Gasteiger partial charge in [-0.3, -0.25) is 14.4 Å². The van der Waals surface area contributed by atoms with E-state index in [4.69, 9.17) is 30.3 Å². The lowest BCUT2D eigenvalue weighted by Crippen LogP contribution is -2.60. The van der Waals surface area contributed by atoms with Crippen LogP contribution in [0.25, 0.3) is 10.9 Å². The molecular formula is C42H59N5O11. The number of ether oxygens (including phenoxy) is 1. The molecule has 0 saturated heterocycles. The van der Waals surface area contributed by atoms with Gasteiger partial charge >= 0.3 is 12.1 Å². The number of amides is 3. The highest BCUT2D eigenvalue weighted by Gasteiger charge is 2.50. The molecule has 0 radical (unpaired) electrons. The molecule has 1 heterocycles. The largest absolute Gasteiger partial charge is 0.481 e. The molecule has 58 heavy (non-hydrogen) atoms. The van der Waals surface area contributed by atoms with Crippen molar-refractivity contribution < 1.29 is 54.6 Å². The number of hydrogen-bond acceptors (Lipinski definition) is 11. The third kappa shape index (κ3) is 11.5. The van der Waals surface area contributed by atoms with Crippen molar-refractivity contribution in [2.45, 2.75) is 100 Å². The summed E-state index contributed by atoms with van der Waals surface area (Å²) < 4.78 is 6.13. The number of benzene rings is 2. The second kappa shape index (κ2) is 20.4. The van der Waals surface area contributed by atoms with Crippen molar-refractivity contribution in [2.75, 3.05) is 26.7 Å². The molecule has 11 N–H and O–H groups in total. The first-order valence-corrected chi connectivity index (χ1v) is 20.1. The van der Waals surface area contributed by atoms with Crippen LogP contribution in [0.2, 0.25) is 0 Å². The number of H-pyrrole nitrogens is 1. The van der Waals surface area contributed by atoms with Crippen molar-refractivity contribution in [3.05, 3.63) is 71.9 Å². The van der Waals surface area contributed by atoms with E-state index in [0.717, 1.165) is 59.5 Å². The smallest absolute Gasteiger partial charge is 0.408 e. The number of nitrogens with one attached hydrogen (secondary N) is 5. The van der Waals surface area contributed by atoms with Gasteiger partial charge < -0.3 is 61.6 Å². The molecule has 0 spiro atoms.